The van der Waals surface area contributed by atoms with Crippen molar-refractivity contribution in [1.29, 1.82) is 0 Å². The van der Waals surface area contributed by atoms with E-state index < -0.39 is 5.60 Å². The fourth-order valence-electron chi connectivity index (χ4n) is 4.31. The summed E-state index contributed by atoms with van der Waals surface area (Å²) in [7, 11) is 0. The lowest BCUT2D eigenvalue weighted by Gasteiger charge is -2.34. The molecule has 10 heteroatoms. The number of ether oxygens (including phenoxy) is 2. The third kappa shape index (κ3) is 5.23. The number of nitrogens with one attached hydrogen (secondary N) is 1. The van der Waals surface area contributed by atoms with Crippen LogP contribution in [0.3, 0.4) is 0 Å². The van der Waals surface area contributed by atoms with E-state index in [1.165, 1.54) is 11.3 Å². The second-order valence-electron chi connectivity index (χ2n) is 9.37. The number of amides is 1. The molecule has 184 valence electrons. The lowest BCUT2D eigenvalue weighted by Crippen LogP contribution is -2.35. The van der Waals surface area contributed by atoms with Crippen molar-refractivity contribution in [3.05, 3.63) is 47.2 Å². The highest BCUT2D eigenvalue weighted by atomic mass is 32.1. The zero-order valence-corrected chi connectivity index (χ0v) is 20.8. The quantitative estimate of drug-likeness (QED) is 0.465. The molecule has 1 aliphatic carbocycles. The summed E-state index contributed by atoms with van der Waals surface area (Å²) in [6.45, 7) is 6.76. The molecular formula is C25H29N5O4S. The maximum Gasteiger partial charge on any atom is 0.410 e. The van der Waals surface area contributed by atoms with Gasteiger partial charge in [0.1, 0.15) is 22.8 Å². The summed E-state index contributed by atoms with van der Waals surface area (Å²) in [6.07, 6.45) is 5.37. The van der Waals surface area contributed by atoms with Gasteiger partial charge in [0.05, 0.1) is 18.0 Å². The predicted molar refractivity (Wildman–Crippen MR) is 133 cm³/mol. The summed E-state index contributed by atoms with van der Waals surface area (Å²) in [5.74, 6) is 0.832. The maximum atomic E-state index is 11.9. The van der Waals surface area contributed by atoms with Gasteiger partial charge in [0.2, 0.25) is 11.8 Å². The maximum absolute atomic E-state index is 11.9. The molecule has 3 heterocycles. The van der Waals surface area contributed by atoms with Crippen molar-refractivity contribution in [3.63, 3.8) is 0 Å². The van der Waals surface area contributed by atoms with Gasteiger partial charge in [-0.3, -0.25) is 0 Å². The Kier molecular flexibility index (Phi) is 6.33. The normalized spacial score (nSPS) is 19.7. The smallest absolute Gasteiger partial charge is 0.410 e. The van der Waals surface area contributed by atoms with E-state index in [1.807, 2.05) is 39.1 Å². The van der Waals surface area contributed by atoms with Crippen LogP contribution in [0.25, 0.3) is 10.4 Å². The van der Waals surface area contributed by atoms with Crippen LogP contribution in [0.1, 0.15) is 43.7 Å². The number of carbonyl (C=O) groups is 1. The Labute approximate surface area is 208 Å². The monoisotopic (exact) mass is 495 g/mol. The minimum absolute atomic E-state index is 0.108. The number of aliphatic hydroxyl groups is 1. The third-order valence-corrected chi connectivity index (χ3v) is 7.41. The van der Waals surface area contributed by atoms with Crippen LogP contribution in [-0.4, -0.2) is 56.3 Å². The molecule has 2 aliphatic rings. The van der Waals surface area contributed by atoms with Crippen molar-refractivity contribution >= 4 is 29.1 Å². The van der Waals surface area contributed by atoms with Crippen molar-refractivity contribution in [3.8, 4) is 16.3 Å². The number of cyclic esters (lactones) is 1. The summed E-state index contributed by atoms with van der Waals surface area (Å²) in [5, 5.41) is 14.7. The second-order valence-corrected chi connectivity index (χ2v) is 10.4. The molecule has 1 aliphatic heterocycles. The Morgan fingerprint density at radius 1 is 1.34 bits per heavy atom. The molecule has 2 aromatic heterocycles. The lowest BCUT2D eigenvalue weighted by molar-refractivity contribution is -0.0389. The number of hydrogen-bond acceptors (Lipinski definition) is 9. The molecule has 0 spiro atoms. The van der Waals surface area contributed by atoms with Gasteiger partial charge in [0.25, 0.3) is 0 Å². The van der Waals surface area contributed by atoms with Crippen LogP contribution in [0.15, 0.2) is 36.7 Å². The first-order valence-corrected chi connectivity index (χ1v) is 12.6. The minimum atomic E-state index is -0.757. The highest BCUT2D eigenvalue weighted by Gasteiger charge is 2.39. The average Bonchev–Trinajstić information content (AvgIpc) is 3.38. The second kappa shape index (κ2) is 9.43. The molecule has 0 radical (unpaired) electrons. The molecular weight excluding hydrogens is 466 g/mol. The van der Waals surface area contributed by atoms with Crippen LogP contribution >= 0.6 is 11.3 Å². The molecule has 35 heavy (non-hydrogen) atoms. The first-order valence-electron chi connectivity index (χ1n) is 11.8. The number of carbonyl (C=O) groups excluding carboxylic acids is 1. The number of thiazole rings is 1. The zero-order valence-electron chi connectivity index (χ0n) is 20.0. The average molecular weight is 496 g/mol. The van der Waals surface area contributed by atoms with Crippen molar-refractivity contribution in [2.24, 2.45) is 0 Å². The van der Waals surface area contributed by atoms with E-state index in [-0.39, 0.29) is 18.3 Å². The van der Waals surface area contributed by atoms with Crippen LogP contribution in [0.2, 0.25) is 0 Å². The molecule has 2 unspecified atom stereocenters. The standard InChI is InChI=1S/C25H29N5O4S/c1-15-9-18(20-12-27-22(35-20)25(32)6-4-7-25)11-19(10-15)28-23-26-8-5-21(29-23)33-16(2)13-30-14-17(3)34-24(30)31/h5,8-12,16-17,32H,4,6-7,13-14H2,1-3H3,(H,26,28,29). The molecule has 1 amide bonds. The molecule has 2 atom stereocenters. The van der Waals surface area contributed by atoms with E-state index in [2.05, 4.69) is 26.3 Å². The third-order valence-electron chi connectivity index (χ3n) is 6.17. The summed E-state index contributed by atoms with van der Waals surface area (Å²) >= 11 is 1.54. The first-order chi connectivity index (χ1) is 16.8. The summed E-state index contributed by atoms with van der Waals surface area (Å²) < 4.78 is 11.1. The van der Waals surface area contributed by atoms with Crippen LogP contribution in [0.4, 0.5) is 16.4 Å². The topological polar surface area (TPSA) is 110 Å². The fraction of sp³-hybridized carbons (Fsp3) is 0.440. The predicted octanol–water partition coefficient (Wildman–Crippen LogP) is 4.63. The largest absolute Gasteiger partial charge is 0.473 e. The summed E-state index contributed by atoms with van der Waals surface area (Å²) in [5.41, 5.74) is 2.19. The molecule has 1 saturated heterocycles. The van der Waals surface area contributed by atoms with E-state index >= 15 is 0 Å². The molecule has 2 fully saturated rings. The number of benzene rings is 1. The molecule has 5 rings (SSSR count). The Balaban J connectivity index is 1.27. The van der Waals surface area contributed by atoms with Crippen LogP contribution in [0, 0.1) is 6.92 Å². The number of hydrogen-bond donors (Lipinski definition) is 2. The fourth-order valence-corrected chi connectivity index (χ4v) is 5.36. The van der Waals surface area contributed by atoms with Crippen molar-refractivity contribution in [2.75, 3.05) is 18.4 Å². The van der Waals surface area contributed by atoms with Gasteiger partial charge in [-0.25, -0.2) is 14.8 Å². The molecule has 1 aromatic carbocycles. The molecule has 3 aromatic rings. The van der Waals surface area contributed by atoms with Gasteiger partial charge in [0.15, 0.2) is 0 Å². The van der Waals surface area contributed by atoms with E-state index in [4.69, 9.17) is 9.47 Å². The van der Waals surface area contributed by atoms with Gasteiger partial charge < -0.3 is 24.8 Å². The Morgan fingerprint density at radius 3 is 2.89 bits per heavy atom. The zero-order chi connectivity index (χ0) is 24.6. The van der Waals surface area contributed by atoms with Gasteiger partial charge in [-0.2, -0.15) is 4.98 Å². The number of aryl methyl sites for hydroxylation is 1. The van der Waals surface area contributed by atoms with Crippen molar-refractivity contribution < 1.29 is 19.4 Å². The van der Waals surface area contributed by atoms with E-state index in [1.54, 1.807) is 17.2 Å². The molecule has 9 nitrogen and oxygen atoms in total. The van der Waals surface area contributed by atoms with E-state index in [9.17, 15) is 9.90 Å². The van der Waals surface area contributed by atoms with Crippen LogP contribution in [0.5, 0.6) is 5.88 Å². The molecule has 2 N–H and O–H groups in total. The van der Waals surface area contributed by atoms with Crippen LogP contribution < -0.4 is 10.1 Å². The Hall–Kier alpha value is -3.24. The number of aromatic nitrogens is 3. The van der Waals surface area contributed by atoms with Crippen LogP contribution in [-0.2, 0) is 10.3 Å². The van der Waals surface area contributed by atoms with Gasteiger partial charge in [0, 0.05) is 24.1 Å². The van der Waals surface area contributed by atoms with Gasteiger partial charge in [-0.05, 0) is 63.3 Å². The number of anilines is 2. The Bertz CT molecular complexity index is 1230. The van der Waals surface area contributed by atoms with Gasteiger partial charge >= 0.3 is 6.09 Å². The molecule has 1 saturated carbocycles. The number of nitrogens with zero attached hydrogens (tertiary/aromatic N) is 4. The van der Waals surface area contributed by atoms with E-state index in [0.717, 1.165) is 46.0 Å². The van der Waals surface area contributed by atoms with Gasteiger partial charge in [-0.1, -0.05) is 6.07 Å². The summed E-state index contributed by atoms with van der Waals surface area (Å²) in [4.78, 5) is 27.8. The Morgan fingerprint density at radius 2 is 2.17 bits per heavy atom. The first kappa shape index (κ1) is 23.5. The number of rotatable bonds is 8. The minimum Gasteiger partial charge on any atom is -0.473 e. The van der Waals surface area contributed by atoms with E-state index in [0.29, 0.717) is 24.9 Å². The van der Waals surface area contributed by atoms with Crippen molar-refractivity contribution in [1.82, 2.24) is 19.9 Å². The molecule has 0 bridgehead atoms. The van der Waals surface area contributed by atoms with Gasteiger partial charge in [-0.15, -0.1) is 11.3 Å². The highest BCUT2D eigenvalue weighted by molar-refractivity contribution is 7.15. The summed E-state index contributed by atoms with van der Waals surface area (Å²) in [6, 6.07) is 7.83. The van der Waals surface area contributed by atoms with Crippen molar-refractivity contribution in [2.45, 2.75) is 57.8 Å². The highest BCUT2D eigenvalue weighted by Crippen LogP contribution is 2.44. The SMILES string of the molecule is Cc1cc(Nc2nccc(OC(C)CN3CC(C)OC3=O)n2)cc(-c2cnc(C3(O)CCC3)s2)c1. The lowest BCUT2D eigenvalue weighted by atomic mass is 9.81.